The lowest BCUT2D eigenvalue weighted by atomic mass is 10.2. The molecule has 1 atom stereocenters. The van der Waals surface area contributed by atoms with Crippen LogP contribution >= 0.6 is 0 Å². The molecule has 3 rings (SSSR count). The van der Waals surface area contributed by atoms with Gasteiger partial charge in [-0.05, 0) is 38.1 Å². The summed E-state index contributed by atoms with van der Waals surface area (Å²) in [5.41, 5.74) is 0.844. The molecule has 1 aliphatic heterocycles. The molecule has 1 aromatic heterocycles. The van der Waals surface area contributed by atoms with E-state index in [1.807, 2.05) is 6.92 Å². The number of carbonyl (C=O) groups excluding carboxylic acids is 1. The van der Waals surface area contributed by atoms with E-state index in [1.165, 1.54) is 12.1 Å². The Kier molecular flexibility index (Phi) is 4.92. The second-order valence-corrected chi connectivity index (χ2v) is 5.66. The first-order valence-corrected chi connectivity index (χ1v) is 7.85. The normalized spacial score (nSPS) is 16.3. The number of nitrogens with zero attached hydrogens (tertiary/aromatic N) is 4. The summed E-state index contributed by atoms with van der Waals surface area (Å²) < 4.78 is 19.9. The molecule has 1 aliphatic rings. The van der Waals surface area contributed by atoms with Crippen LogP contribution in [0.1, 0.15) is 29.5 Å². The standard InChI is InChI=1S/C16H18FN5O3/c1-10-9-14(20-25-10)18-16(23)15-11(2)22(21-19-15)7-8-24-13-5-3-12(17)4-6-13/h3-6,10H,7-9H2,1-2H3,(H,18,20,23). The molecule has 0 radical (unpaired) electrons. The SMILES string of the molecule is Cc1c(C(=O)NC2=NOC(C)C2)nnn1CCOc1ccc(F)cc1. The summed E-state index contributed by atoms with van der Waals surface area (Å²) in [7, 11) is 0. The first-order chi connectivity index (χ1) is 12.0. The zero-order valence-corrected chi connectivity index (χ0v) is 13.9. The van der Waals surface area contributed by atoms with Gasteiger partial charge in [0.15, 0.2) is 11.5 Å². The van der Waals surface area contributed by atoms with Crippen LogP contribution in [0.2, 0.25) is 0 Å². The summed E-state index contributed by atoms with van der Waals surface area (Å²) in [4.78, 5) is 17.3. The van der Waals surface area contributed by atoms with Crippen LogP contribution in [0.25, 0.3) is 0 Å². The third kappa shape index (κ3) is 4.11. The molecule has 0 saturated heterocycles. The molecule has 0 bridgehead atoms. The first-order valence-electron chi connectivity index (χ1n) is 7.85. The van der Waals surface area contributed by atoms with Crippen molar-refractivity contribution in [2.45, 2.75) is 32.9 Å². The molecule has 8 nitrogen and oxygen atoms in total. The fourth-order valence-electron chi connectivity index (χ4n) is 2.33. The van der Waals surface area contributed by atoms with Gasteiger partial charge in [0, 0.05) is 6.42 Å². The van der Waals surface area contributed by atoms with Crippen LogP contribution in [0.15, 0.2) is 29.4 Å². The van der Waals surface area contributed by atoms with E-state index < -0.39 is 0 Å². The predicted octanol–water partition coefficient (Wildman–Crippen LogP) is 1.66. The predicted molar refractivity (Wildman–Crippen MR) is 86.7 cm³/mol. The summed E-state index contributed by atoms with van der Waals surface area (Å²) in [6.45, 7) is 4.34. The molecule has 0 fully saturated rings. The Morgan fingerprint density at radius 1 is 1.44 bits per heavy atom. The van der Waals surface area contributed by atoms with Crippen LogP contribution in [-0.4, -0.2) is 39.4 Å². The maximum absolute atomic E-state index is 12.8. The van der Waals surface area contributed by atoms with Crippen molar-refractivity contribution in [2.75, 3.05) is 6.61 Å². The quantitative estimate of drug-likeness (QED) is 0.888. The molecular weight excluding hydrogens is 329 g/mol. The molecular formula is C16H18FN5O3. The van der Waals surface area contributed by atoms with Gasteiger partial charge >= 0.3 is 0 Å². The van der Waals surface area contributed by atoms with Crippen molar-refractivity contribution in [1.82, 2.24) is 20.3 Å². The number of hydrogen-bond acceptors (Lipinski definition) is 6. The minimum Gasteiger partial charge on any atom is -0.492 e. The van der Waals surface area contributed by atoms with Gasteiger partial charge in [0.05, 0.1) is 12.2 Å². The minimum absolute atomic E-state index is 0.0457. The number of carbonyl (C=O) groups is 1. The van der Waals surface area contributed by atoms with Crippen molar-refractivity contribution in [3.63, 3.8) is 0 Å². The van der Waals surface area contributed by atoms with E-state index in [0.29, 0.717) is 36.9 Å². The molecule has 132 valence electrons. The Bertz CT molecular complexity index is 788. The van der Waals surface area contributed by atoms with Crippen LogP contribution in [0.4, 0.5) is 4.39 Å². The van der Waals surface area contributed by atoms with Gasteiger partial charge in [0.2, 0.25) is 0 Å². The number of ether oxygens (including phenoxy) is 1. The van der Waals surface area contributed by atoms with Crippen molar-refractivity contribution in [2.24, 2.45) is 5.16 Å². The Labute approximate surface area is 143 Å². The highest BCUT2D eigenvalue weighted by Crippen LogP contribution is 2.12. The van der Waals surface area contributed by atoms with E-state index in [0.717, 1.165) is 0 Å². The highest BCUT2D eigenvalue weighted by Gasteiger charge is 2.22. The van der Waals surface area contributed by atoms with Crippen LogP contribution in [0, 0.1) is 12.7 Å². The molecule has 1 N–H and O–H groups in total. The van der Waals surface area contributed by atoms with Crippen molar-refractivity contribution < 1.29 is 18.8 Å². The van der Waals surface area contributed by atoms with Crippen molar-refractivity contribution in [3.05, 3.63) is 41.5 Å². The van der Waals surface area contributed by atoms with Crippen molar-refractivity contribution >= 4 is 11.7 Å². The summed E-state index contributed by atoms with van der Waals surface area (Å²) >= 11 is 0. The third-order valence-corrected chi connectivity index (χ3v) is 3.66. The maximum Gasteiger partial charge on any atom is 0.279 e. The molecule has 1 aromatic carbocycles. The van der Waals surface area contributed by atoms with Crippen LogP contribution in [0.3, 0.4) is 0 Å². The molecule has 0 spiro atoms. The Hall–Kier alpha value is -2.97. The van der Waals surface area contributed by atoms with E-state index in [1.54, 1.807) is 23.7 Å². The molecule has 2 heterocycles. The Morgan fingerprint density at radius 2 is 2.20 bits per heavy atom. The van der Waals surface area contributed by atoms with E-state index in [2.05, 4.69) is 20.8 Å². The summed E-state index contributed by atoms with van der Waals surface area (Å²) in [6.07, 6.45) is 0.500. The summed E-state index contributed by atoms with van der Waals surface area (Å²) in [6, 6.07) is 5.76. The third-order valence-electron chi connectivity index (χ3n) is 3.66. The Morgan fingerprint density at radius 3 is 2.88 bits per heavy atom. The lowest BCUT2D eigenvalue weighted by molar-refractivity contribution is 0.0962. The number of hydrogen-bond donors (Lipinski definition) is 1. The topological polar surface area (TPSA) is 90.6 Å². The molecule has 2 aromatic rings. The number of benzene rings is 1. The van der Waals surface area contributed by atoms with Gasteiger partial charge in [-0.15, -0.1) is 5.10 Å². The van der Waals surface area contributed by atoms with Crippen LogP contribution < -0.4 is 10.1 Å². The van der Waals surface area contributed by atoms with E-state index in [9.17, 15) is 9.18 Å². The summed E-state index contributed by atoms with van der Waals surface area (Å²) in [5.74, 6) is 0.345. The number of amides is 1. The summed E-state index contributed by atoms with van der Waals surface area (Å²) in [5, 5.41) is 14.3. The van der Waals surface area contributed by atoms with E-state index in [-0.39, 0.29) is 23.5 Å². The fourth-order valence-corrected chi connectivity index (χ4v) is 2.33. The number of aromatic nitrogens is 3. The number of halogens is 1. The van der Waals surface area contributed by atoms with Crippen molar-refractivity contribution in [1.29, 1.82) is 0 Å². The molecule has 1 amide bonds. The Balaban J connectivity index is 1.55. The number of nitrogens with one attached hydrogen (secondary N) is 1. The molecule has 0 aliphatic carbocycles. The smallest absolute Gasteiger partial charge is 0.279 e. The minimum atomic E-state index is -0.375. The zero-order chi connectivity index (χ0) is 17.8. The van der Waals surface area contributed by atoms with Gasteiger partial charge in [-0.25, -0.2) is 9.07 Å². The second-order valence-electron chi connectivity index (χ2n) is 5.66. The molecule has 0 saturated carbocycles. The average molecular weight is 347 g/mol. The van der Waals surface area contributed by atoms with Gasteiger partial charge in [0.1, 0.15) is 24.3 Å². The fraction of sp³-hybridized carbons (Fsp3) is 0.375. The van der Waals surface area contributed by atoms with Crippen LogP contribution in [-0.2, 0) is 11.4 Å². The van der Waals surface area contributed by atoms with Crippen LogP contribution in [0.5, 0.6) is 5.75 Å². The second kappa shape index (κ2) is 7.29. The lowest BCUT2D eigenvalue weighted by Crippen LogP contribution is -2.30. The number of amidine groups is 1. The molecule has 25 heavy (non-hydrogen) atoms. The lowest BCUT2D eigenvalue weighted by Gasteiger charge is -2.07. The van der Waals surface area contributed by atoms with Gasteiger partial charge in [0.25, 0.3) is 5.91 Å². The monoisotopic (exact) mass is 347 g/mol. The molecule has 1 unspecified atom stereocenters. The first kappa shape index (κ1) is 16.9. The van der Waals surface area contributed by atoms with E-state index in [4.69, 9.17) is 9.57 Å². The molecule has 9 heteroatoms. The largest absolute Gasteiger partial charge is 0.492 e. The van der Waals surface area contributed by atoms with Gasteiger partial charge < -0.3 is 14.9 Å². The zero-order valence-electron chi connectivity index (χ0n) is 13.9. The number of rotatable bonds is 5. The number of oxime groups is 1. The van der Waals surface area contributed by atoms with Gasteiger partial charge in [-0.1, -0.05) is 10.4 Å². The highest BCUT2D eigenvalue weighted by molar-refractivity contribution is 6.06. The van der Waals surface area contributed by atoms with Gasteiger partial charge in [-0.3, -0.25) is 4.79 Å². The van der Waals surface area contributed by atoms with Gasteiger partial charge in [-0.2, -0.15) is 0 Å². The maximum atomic E-state index is 12.8. The average Bonchev–Trinajstić information content (AvgIpc) is 3.15. The highest BCUT2D eigenvalue weighted by atomic mass is 19.1. The van der Waals surface area contributed by atoms with E-state index >= 15 is 0 Å². The van der Waals surface area contributed by atoms with Crippen molar-refractivity contribution in [3.8, 4) is 5.75 Å².